The number of hydrogen-bond donors (Lipinski definition) is 0. The van der Waals surface area contributed by atoms with Crippen molar-refractivity contribution in [2.75, 3.05) is 31.6 Å². The standard InChI is InChI=1S/C20H27N2S.BrH/c1-5-22(4,6-2)16(3)15-21-17-11-7-9-13-19(17)23-20-14-10-8-12-18(20)21;/h7-14,16H,5-6,15H2,1-4H3;1H/q+1;/p-1. The van der Waals surface area contributed by atoms with Gasteiger partial charge in [-0.2, -0.15) is 0 Å². The molecule has 2 nitrogen and oxygen atoms in total. The van der Waals surface area contributed by atoms with Crippen LogP contribution < -0.4 is 21.9 Å². The predicted octanol–water partition coefficient (Wildman–Crippen LogP) is 2.17. The van der Waals surface area contributed by atoms with Gasteiger partial charge in [0.15, 0.2) is 0 Å². The summed E-state index contributed by atoms with van der Waals surface area (Å²) in [6.45, 7) is 10.4. The summed E-state index contributed by atoms with van der Waals surface area (Å²) in [6, 6.07) is 18.1. The number of hydrogen-bond acceptors (Lipinski definition) is 2. The zero-order valence-electron chi connectivity index (χ0n) is 15.0. The highest BCUT2D eigenvalue weighted by Gasteiger charge is 2.31. The average Bonchev–Trinajstić information content (AvgIpc) is 2.60. The second kappa shape index (κ2) is 7.94. The molecule has 1 atom stereocenters. The summed E-state index contributed by atoms with van der Waals surface area (Å²) in [6.07, 6.45) is 0. The lowest BCUT2D eigenvalue weighted by molar-refractivity contribution is -0.926. The van der Waals surface area contributed by atoms with Gasteiger partial charge in [-0.05, 0) is 45.0 Å². The average molecular weight is 407 g/mol. The molecule has 3 rings (SSSR count). The first-order valence-electron chi connectivity index (χ1n) is 8.56. The zero-order chi connectivity index (χ0) is 16.4. The molecule has 4 heteroatoms. The van der Waals surface area contributed by atoms with E-state index in [0.29, 0.717) is 6.04 Å². The van der Waals surface area contributed by atoms with Crippen LogP contribution in [0.4, 0.5) is 11.4 Å². The van der Waals surface area contributed by atoms with Gasteiger partial charge in [-0.25, -0.2) is 0 Å². The molecule has 0 spiro atoms. The van der Waals surface area contributed by atoms with Crippen LogP contribution in [-0.2, 0) is 0 Å². The van der Waals surface area contributed by atoms with E-state index in [2.05, 4.69) is 81.2 Å². The Morgan fingerprint density at radius 1 is 0.917 bits per heavy atom. The van der Waals surface area contributed by atoms with Crippen molar-refractivity contribution in [3.05, 3.63) is 48.5 Å². The van der Waals surface area contributed by atoms with Crippen LogP contribution in [0.2, 0.25) is 0 Å². The molecule has 0 aliphatic carbocycles. The third kappa shape index (κ3) is 3.51. The van der Waals surface area contributed by atoms with Crippen LogP contribution in [-0.4, -0.2) is 37.2 Å². The fourth-order valence-corrected chi connectivity index (χ4v) is 4.38. The minimum Gasteiger partial charge on any atom is -1.00 e. The van der Waals surface area contributed by atoms with Gasteiger partial charge in [0.1, 0.15) is 6.04 Å². The van der Waals surface area contributed by atoms with Crippen LogP contribution in [0.15, 0.2) is 58.3 Å². The third-order valence-corrected chi connectivity index (χ3v) is 6.62. The number of anilines is 2. The molecule has 1 aliphatic rings. The van der Waals surface area contributed by atoms with Crippen molar-refractivity contribution >= 4 is 23.1 Å². The van der Waals surface area contributed by atoms with E-state index in [1.165, 1.54) is 34.3 Å². The smallest absolute Gasteiger partial charge is 0.104 e. The Bertz CT molecular complexity index is 639. The number of rotatable bonds is 5. The van der Waals surface area contributed by atoms with E-state index < -0.39 is 0 Å². The predicted molar refractivity (Wildman–Crippen MR) is 101 cm³/mol. The third-order valence-electron chi connectivity index (χ3n) is 5.49. The first-order chi connectivity index (χ1) is 11.1. The van der Waals surface area contributed by atoms with Gasteiger partial charge in [-0.15, -0.1) is 0 Å². The summed E-state index contributed by atoms with van der Waals surface area (Å²) >= 11 is 1.89. The quantitative estimate of drug-likeness (QED) is 0.699. The van der Waals surface area contributed by atoms with Crippen LogP contribution in [0.5, 0.6) is 0 Å². The molecule has 0 amide bonds. The Labute approximate surface area is 161 Å². The van der Waals surface area contributed by atoms with E-state index in [0.717, 1.165) is 11.0 Å². The summed E-state index contributed by atoms with van der Waals surface area (Å²) in [5, 5.41) is 0. The Hall–Kier alpha value is -0.970. The van der Waals surface area contributed by atoms with Crippen molar-refractivity contribution in [3.63, 3.8) is 0 Å². The highest BCUT2D eigenvalue weighted by Crippen LogP contribution is 2.47. The maximum atomic E-state index is 2.52. The second-order valence-corrected chi connectivity index (χ2v) is 7.69. The van der Waals surface area contributed by atoms with Crippen molar-refractivity contribution in [2.45, 2.75) is 36.6 Å². The van der Waals surface area contributed by atoms with Gasteiger partial charge in [0.25, 0.3) is 0 Å². The summed E-state index contributed by atoms with van der Waals surface area (Å²) in [5.74, 6) is 0. The number of fused-ring (bicyclic) bond motifs is 2. The molecule has 130 valence electrons. The second-order valence-electron chi connectivity index (χ2n) is 6.61. The molecular weight excluding hydrogens is 380 g/mol. The highest BCUT2D eigenvalue weighted by molar-refractivity contribution is 7.99. The lowest BCUT2D eigenvalue weighted by atomic mass is 10.1. The summed E-state index contributed by atoms with van der Waals surface area (Å²) in [4.78, 5) is 5.24. The van der Waals surface area contributed by atoms with Gasteiger partial charge < -0.3 is 26.4 Å². The SMILES string of the molecule is CC[N+](C)(CC)C(C)CN1c2ccccc2Sc2ccccc21.[Br-]. The van der Waals surface area contributed by atoms with Crippen molar-refractivity contribution in [1.82, 2.24) is 0 Å². The van der Waals surface area contributed by atoms with E-state index in [1.54, 1.807) is 0 Å². The van der Waals surface area contributed by atoms with Crippen molar-refractivity contribution < 1.29 is 21.5 Å². The van der Waals surface area contributed by atoms with Crippen LogP contribution in [0.3, 0.4) is 0 Å². The molecule has 2 aromatic rings. The van der Waals surface area contributed by atoms with Crippen LogP contribution >= 0.6 is 11.8 Å². The van der Waals surface area contributed by atoms with Gasteiger partial charge in [0.2, 0.25) is 0 Å². The number of halogens is 1. The number of benzene rings is 2. The van der Waals surface area contributed by atoms with Crippen molar-refractivity contribution in [2.24, 2.45) is 0 Å². The molecule has 0 N–H and O–H groups in total. The van der Waals surface area contributed by atoms with E-state index in [1.807, 2.05) is 11.8 Å². The van der Waals surface area contributed by atoms with Gasteiger partial charge in [0, 0.05) is 9.79 Å². The molecule has 1 unspecified atom stereocenters. The molecule has 0 radical (unpaired) electrons. The molecular formula is C20H27BrN2S. The lowest BCUT2D eigenvalue weighted by Crippen LogP contribution is -3.00. The summed E-state index contributed by atoms with van der Waals surface area (Å²) in [5.41, 5.74) is 2.70. The Balaban J connectivity index is 0.00000208. The zero-order valence-corrected chi connectivity index (χ0v) is 17.4. The molecule has 24 heavy (non-hydrogen) atoms. The van der Waals surface area contributed by atoms with Gasteiger partial charge >= 0.3 is 0 Å². The topological polar surface area (TPSA) is 3.24 Å². The Kier molecular flexibility index (Phi) is 6.40. The van der Waals surface area contributed by atoms with E-state index in [-0.39, 0.29) is 17.0 Å². The fourth-order valence-electron chi connectivity index (χ4n) is 3.29. The van der Waals surface area contributed by atoms with Crippen LogP contribution in [0, 0.1) is 0 Å². The van der Waals surface area contributed by atoms with E-state index in [9.17, 15) is 0 Å². The molecule has 0 fully saturated rings. The maximum absolute atomic E-state index is 2.52. The molecule has 1 heterocycles. The lowest BCUT2D eigenvalue weighted by Gasteiger charge is -2.42. The van der Waals surface area contributed by atoms with Crippen molar-refractivity contribution in [3.8, 4) is 0 Å². The maximum Gasteiger partial charge on any atom is 0.104 e. The largest absolute Gasteiger partial charge is 1.00 e. The minimum atomic E-state index is 0. The highest BCUT2D eigenvalue weighted by atomic mass is 79.9. The normalized spacial score (nSPS) is 14.4. The van der Waals surface area contributed by atoms with Crippen LogP contribution in [0.1, 0.15) is 20.8 Å². The minimum absolute atomic E-state index is 0. The number of quaternary nitrogens is 1. The van der Waals surface area contributed by atoms with E-state index in [4.69, 9.17) is 0 Å². The molecule has 0 saturated carbocycles. The van der Waals surface area contributed by atoms with Crippen LogP contribution in [0.25, 0.3) is 0 Å². The fraction of sp³-hybridized carbons (Fsp3) is 0.400. The molecule has 0 aromatic heterocycles. The first-order valence-corrected chi connectivity index (χ1v) is 9.38. The molecule has 0 saturated heterocycles. The monoisotopic (exact) mass is 406 g/mol. The first kappa shape index (κ1) is 19.4. The van der Waals surface area contributed by atoms with Gasteiger partial charge in [0.05, 0.1) is 38.1 Å². The Morgan fingerprint density at radius 2 is 1.38 bits per heavy atom. The summed E-state index contributed by atoms with van der Waals surface area (Å²) in [7, 11) is 2.38. The number of likely N-dealkylation sites (N-methyl/N-ethyl adjacent to an activating group) is 1. The number of para-hydroxylation sites is 2. The summed E-state index contributed by atoms with van der Waals surface area (Å²) < 4.78 is 1.11. The molecule has 1 aliphatic heterocycles. The van der Waals surface area contributed by atoms with Crippen molar-refractivity contribution in [1.29, 1.82) is 0 Å². The Morgan fingerprint density at radius 3 is 1.83 bits per heavy atom. The molecule has 2 aromatic carbocycles. The van der Waals surface area contributed by atoms with Gasteiger partial charge in [-0.1, -0.05) is 36.0 Å². The van der Waals surface area contributed by atoms with Gasteiger partial charge in [-0.3, -0.25) is 0 Å². The molecule has 0 bridgehead atoms. The van der Waals surface area contributed by atoms with E-state index >= 15 is 0 Å². The number of nitrogens with zero attached hydrogens (tertiary/aromatic N) is 2.